The molecule has 6 nitrogen and oxygen atoms in total. The highest BCUT2D eigenvalue weighted by atomic mass is 16.2. The van der Waals surface area contributed by atoms with Crippen molar-refractivity contribution in [1.82, 2.24) is 20.2 Å². The Hall–Kier alpha value is -2.89. The Labute approximate surface area is 153 Å². The molecule has 0 unspecified atom stereocenters. The maximum Gasteiger partial charge on any atom is 0.244 e. The van der Waals surface area contributed by atoms with Crippen molar-refractivity contribution in [1.29, 1.82) is 0 Å². The molecule has 0 bridgehead atoms. The van der Waals surface area contributed by atoms with E-state index < -0.39 is 0 Å². The second-order valence-electron chi connectivity index (χ2n) is 7.51. The predicted octanol–water partition coefficient (Wildman–Crippen LogP) is 3.51. The third-order valence-electron chi connectivity index (χ3n) is 4.35. The van der Waals surface area contributed by atoms with Gasteiger partial charge in [-0.3, -0.25) is 9.48 Å². The summed E-state index contributed by atoms with van der Waals surface area (Å²) in [5.41, 5.74) is 7.12. The van der Waals surface area contributed by atoms with Gasteiger partial charge < -0.3 is 4.98 Å². The summed E-state index contributed by atoms with van der Waals surface area (Å²) in [5.74, 6) is -0.144. The molecular weight excluding hydrogens is 326 g/mol. The maximum atomic E-state index is 12.3. The molecule has 136 valence electrons. The first-order valence-corrected chi connectivity index (χ1v) is 8.71. The number of hydrazone groups is 1. The van der Waals surface area contributed by atoms with Gasteiger partial charge in [0, 0.05) is 28.9 Å². The Morgan fingerprint density at radius 1 is 1.31 bits per heavy atom. The Morgan fingerprint density at radius 2 is 2.04 bits per heavy atom. The zero-order valence-electron chi connectivity index (χ0n) is 15.9. The number of hydrogen-bond acceptors (Lipinski definition) is 3. The number of nitrogens with zero attached hydrogens (tertiary/aromatic N) is 3. The average molecular weight is 351 g/mol. The number of hydrogen-bond donors (Lipinski definition) is 2. The van der Waals surface area contributed by atoms with Gasteiger partial charge in [0.15, 0.2) is 0 Å². The number of carbonyl (C=O) groups excluding carboxylic acids is 1. The number of H-pyrrole nitrogens is 1. The molecule has 6 heteroatoms. The third-order valence-corrected chi connectivity index (χ3v) is 4.35. The second-order valence-corrected chi connectivity index (χ2v) is 7.51. The zero-order chi connectivity index (χ0) is 18.9. The van der Waals surface area contributed by atoms with E-state index in [1.807, 2.05) is 55.2 Å². The summed E-state index contributed by atoms with van der Waals surface area (Å²) in [6.07, 6.45) is 4.12. The lowest BCUT2D eigenvalue weighted by atomic mass is 10.1. The van der Waals surface area contributed by atoms with E-state index in [0.29, 0.717) is 0 Å². The molecule has 0 aliphatic carbocycles. The van der Waals surface area contributed by atoms with E-state index in [-0.39, 0.29) is 17.9 Å². The fourth-order valence-electron chi connectivity index (χ4n) is 2.86. The van der Waals surface area contributed by atoms with Gasteiger partial charge in [0.05, 0.1) is 23.4 Å². The topological polar surface area (TPSA) is 75.1 Å². The van der Waals surface area contributed by atoms with E-state index >= 15 is 0 Å². The molecule has 2 aromatic heterocycles. The van der Waals surface area contributed by atoms with Gasteiger partial charge in [-0.05, 0) is 46.2 Å². The maximum absolute atomic E-state index is 12.3. The highest BCUT2D eigenvalue weighted by molar-refractivity contribution is 6.00. The number of aromatic nitrogens is 3. The lowest BCUT2D eigenvalue weighted by Crippen LogP contribution is -2.22. The van der Waals surface area contributed by atoms with Gasteiger partial charge in [-0.25, -0.2) is 5.43 Å². The lowest BCUT2D eigenvalue weighted by Gasteiger charge is -2.18. The number of aromatic amines is 1. The smallest absolute Gasteiger partial charge is 0.244 e. The SMILES string of the molecule is CC(=NNC(=O)Cc1c[nH]c2ccccc12)c1cn(C(C)(C)C)nc1C. The molecule has 1 aromatic carbocycles. The van der Waals surface area contributed by atoms with Gasteiger partial charge in [-0.1, -0.05) is 18.2 Å². The van der Waals surface area contributed by atoms with Gasteiger partial charge >= 0.3 is 0 Å². The fourth-order valence-corrected chi connectivity index (χ4v) is 2.86. The standard InChI is InChI=1S/C20H25N5O/c1-13(17-12-25(20(3,4)5)24-14(17)2)22-23-19(26)10-15-11-21-18-9-7-6-8-16(15)18/h6-9,11-12,21H,10H2,1-5H3,(H,23,26). The monoisotopic (exact) mass is 351 g/mol. The van der Waals surface area contributed by atoms with Crippen LogP contribution in [-0.2, 0) is 16.8 Å². The highest BCUT2D eigenvalue weighted by Crippen LogP contribution is 2.18. The van der Waals surface area contributed by atoms with Crippen molar-refractivity contribution in [2.45, 2.75) is 46.6 Å². The summed E-state index contributed by atoms with van der Waals surface area (Å²) in [4.78, 5) is 15.5. The molecule has 3 rings (SSSR count). The molecule has 26 heavy (non-hydrogen) atoms. The van der Waals surface area contributed by atoms with Crippen molar-refractivity contribution < 1.29 is 4.79 Å². The third kappa shape index (κ3) is 3.69. The van der Waals surface area contributed by atoms with E-state index in [4.69, 9.17) is 0 Å². The lowest BCUT2D eigenvalue weighted by molar-refractivity contribution is -0.120. The molecule has 0 radical (unpaired) electrons. The van der Waals surface area contributed by atoms with Crippen molar-refractivity contribution in [3.63, 3.8) is 0 Å². The summed E-state index contributed by atoms with van der Waals surface area (Å²) in [5, 5.41) is 9.87. The summed E-state index contributed by atoms with van der Waals surface area (Å²) in [6, 6.07) is 7.94. The summed E-state index contributed by atoms with van der Waals surface area (Å²) in [6.45, 7) is 10.1. The number of amides is 1. The molecule has 2 heterocycles. The molecule has 2 N–H and O–H groups in total. The first-order valence-electron chi connectivity index (χ1n) is 8.71. The van der Waals surface area contributed by atoms with Gasteiger partial charge in [-0.2, -0.15) is 10.2 Å². The zero-order valence-corrected chi connectivity index (χ0v) is 15.9. The summed E-state index contributed by atoms with van der Waals surface area (Å²) >= 11 is 0. The number of aryl methyl sites for hydroxylation is 1. The van der Waals surface area contributed by atoms with Gasteiger partial charge in [0.25, 0.3) is 0 Å². The van der Waals surface area contributed by atoms with E-state index in [9.17, 15) is 4.79 Å². The first kappa shape index (κ1) is 17.9. The predicted molar refractivity (Wildman–Crippen MR) is 104 cm³/mol. The average Bonchev–Trinajstić information content (AvgIpc) is 3.17. The summed E-state index contributed by atoms with van der Waals surface area (Å²) in [7, 11) is 0. The van der Waals surface area contributed by atoms with Crippen molar-refractivity contribution in [2.24, 2.45) is 5.10 Å². The number of para-hydroxylation sites is 1. The minimum absolute atomic E-state index is 0.0954. The Kier molecular flexibility index (Phi) is 4.68. The highest BCUT2D eigenvalue weighted by Gasteiger charge is 2.17. The van der Waals surface area contributed by atoms with Crippen LogP contribution in [0.3, 0.4) is 0 Å². The second kappa shape index (κ2) is 6.78. The van der Waals surface area contributed by atoms with Crippen LogP contribution in [0.2, 0.25) is 0 Å². The number of fused-ring (bicyclic) bond motifs is 1. The molecule has 3 aromatic rings. The van der Waals surface area contributed by atoms with E-state index in [0.717, 1.165) is 33.4 Å². The normalized spacial score (nSPS) is 12.6. The Bertz CT molecular complexity index is 972. The van der Waals surface area contributed by atoms with E-state index in [2.05, 4.69) is 41.4 Å². The van der Waals surface area contributed by atoms with Gasteiger partial charge in [0.1, 0.15) is 0 Å². The number of rotatable bonds is 4. The van der Waals surface area contributed by atoms with Crippen LogP contribution in [0.1, 0.15) is 44.5 Å². The van der Waals surface area contributed by atoms with Crippen LogP contribution in [0, 0.1) is 6.92 Å². The van der Waals surface area contributed by atoms with Crippen LogP contribution in [0.5, 0.6) is 0 Å². The Balaban J connectivity index is 1.71. The minimum Gasteiger partial charge on any atom is -0.361 e. The Morgan fingerprint density at radius 3 is 2.73 bits per heavy atom. The first-order chi connectivity index (χ1) is 12.3. The van der Waals surface area contributed by atoms with Crippen molar-refractivity contribution in [3.8, 4) is 0 Å². The number of carbonyl (C=O) groups is 1. The largest absolute Gasteiger partial charge is 0.361 e. The molecule has 0 atom stereocenters. The summed E-state index contributed by atoms with van der Waals surface area (Å²) < 4.78 is 1.92. The molecule has 0 aliphatic heterocycles. The van der Waals surface area contributed by atoms with Crippen LogP contribution in [0.15, 0.2) is 41.8 Å². The quantitative estimate of drug-likeness (QED) is 0.557. The van der Waals surface area contributed by atoms with E-state index in [1.54, 1.807) is 0 Å². The van der Waals surface area contributed by atoms with Crippen LogP contribution < -0.4 is 5.43 Å². The van der Waals surface area contributed by atoms with Crippen molar-refractivity contribution >= 4 is 22.5 Å². The molecule has 0 saturated carbocycles. The minimum atomic E-state index is -0.144. The van der Waals surface area contributed by atoms with Crippen LogP contribution >= 0.6 is 0 Å². The van der Waals surface area contributed by atoms with E-state index in [1.165, 1.54) is 0 Å². The fraction of sp³-hybridized carbons (Fsp3) is 0.350. The van der Waals surface area contributed by atoms with Gasteiger partial charge in [-0.15, -0.1) is 0 Å². The van der Waals surface area contributed by atoms with Gasteiger partial charge in [0.2, 0.25) is 5.91 Å². The van der Waals surface area contributed by atoms with Crippen LogP contribution in [0.4, 0.5) is 0 Å². The molecule has 0 spiro atoms. The number of nitrogens with one attached hydrogen (secondary N) is 2. The molecule has 0 fully saturated rings. The van der Waals surface area contributed by atoms with Crippen molar-refractivity contribution in [3.05, 3.63) is 53.5 Å². The van der Waals surface area contributed by atoms with Crippen molar-refractivity contribution in [2.75, 3.05) is 0 Å². The molecule has 1 amide bonds. The van der Waals surface area contributed by atoms with Crippen LogP contribution in [0.25, 0.3) is 10.9 Å². The molecular formula is C20H25N5O. The van der Waals surface area contributed by atoms with Crippen LogP contribution in [-0.4, -0.2) is 26.4 Å². The molecule has 0 saturated heterocycles. The molecule has 0 aliphatic rings. The number of benzene rings is 1.